The Bertz CT molecular complexity index is 342. The van der Waals surface area contributed by atoms with Crippen LogP contribution in [-0.4, -0.2) is 23.1 Å². The number of carbonyl (C=O) groups is 2. The fraction of sp³-hybridized carbons (Fsp3) is 0.400. The molecule has 0 unspecified atom stereocenters. The van der Waals surface area contributed by atoms with Crippen molar-refractivity contribution in [1.82, 2.24) is 4.90 Å². The summed E-state index contributed by atoms with van der Waals surface area (Å²) in [6.45, 7) is 1.07. The van der Waals surface area contributed by atoms with Crippen molar-refractivity contribution in [1.29, 1.82) is 0 Å². The molecule has 0 bridgehead atoms. The molecule has 0 radical (unpaired) electrons. The van der Waals surface area contributed by atoms with E-state index in [1.54, 1.807) is 17.4 Å². The maximum atomic E-state index is 11.4. The van der Waals surface area contributed by atoms with Crippen LogP contribution >= 0.6 is 0 Å². The molecule has 4 heteroatoms. The molecule has 2 rings (SSSR count). The van der Waals surface area contributed by atoms with Gasteiger partial charge in [-0.2, -0.15) is 0 Å². The zero-order valence-electron chi connectivity index (χ0n) is 7.73. The Hall–Kier alpha value is -1.58. The van der Waals surface area contributed by atoms with Crippen LogP contribution in [0.15, 0.2) is 23.0 Å². The first kappa shape index (κ1) is 8.99. The van der Waals surface area contributed by atoms with Crippen LogP contribution in [0.5, 0.6) is 0 Å². The van der Waals surface area contributed by atoms with E-state index < -0.39 is 0 Å². The zero-order chi connectivity index (χ0) is 9.97. The molecule has 0 aliphatic carbocycles. The minimum Gasteiger partial charge on any atom is -0.472 e. The first-order chi connectivity index (χ1) is 6.75. The number of amides is 1. The number of furan rings is 1. The number of carbonyl (C=O) groups excluding carboxylic acids is 2. The first-order valence-corrected chi connectivity index (χ1v) is 4.56. The standard InChI is InChI=1S/C10H11NO3/c12-9-1-3-11(10(13)5-9)6-8-2-4-14-7-8/h2,4,7H,1,3,5-6H2. The van der Waals surface area contributed by atoms with E-state index in [9.17, 15) is 9.59 Å². The van der Waals surface area contributed by atoms with Crippen LogP contribution in [0.3, 0.4) is 0 Å². The summed E-state index contributed by atoms with van der Waals surface area (Å²) < 4.78 is 4.91. The smallest absolute Gasteiger partial charge is 0.230 e. The molecule has 74 valence electrons. The SMILES string of the molecule is O=C1CCN(Cc2ccoc2)C(=O)C1. The molecule has 14 heavy (non-hydrogen) atoms. The lowest BCUT2D eigenvalue weighted by Gasteiger charge is -2.25. The third-order valence-corrected chi connectivity index (χ3v) is 2.32. The van der Waals surface area contributed by atoms with Crippen LogP contribution in [0.1, 0.15) is 18.4 Å². The van der Waals surface area contributed by atoms with Gasteiger partial charge in [-0.15, -0.1) is 0 Å². The van der Waals surface area contributed by atoms with E-state index >= 15 is 0 Å². The van der Waals surface area contributed by atoms with Gasteiger partial charge in [0.05, 0.1) is 18.9 Å². The Kier molecular flexibility index (Phi) is 2.35. The van der Waals surface area contributed by atoms with E-state index in [1.165, 1.54) is 0 Å². The number of rotatable bonds is 2. The van der Waals surface area contributed by atoms with Crippen LogP contribution in [0.2, 0.25) is 0 Å². The number of piperidine rings is 1. The van der Waals surface area contributed by atoms with Crippen molar-refractivity contribution in [2.75, 3.05) is 6.54 Å². The lowest BCUT2D eigenvalue weighted by molar-refractivity contribution is -0.139. The van der Waals surface area contributed by atoms with Crippen molar-refractivity contribution in [2.24, 2.45) is 0 Å². The van der Waals surface area contributed by atoms with E-state index in [0.29, 0.717) is 19.5 Å². The first-order valence-electron chi connectivity index (χ1n) is 4.56. The second-order valence-electron chi connectivity index (χ2n) is 3.41. The van der Waals surface area contributed by atoms with Crippen molar-refractivity contribution >= 4 is 11.7 Å². The fourth-order valence-corrected chi connectivity index (χ4v) is 1.52. The quantitative estimate of drug-likeness (QED) is 0.657. The summed E-state index contributed by atoms with van der Waals surface area (Å²) in [5.41, 5.74) is 0.965. The molecule has 1 aromatic rings. The lowest BCUT2D eigenvalue weighted by atomic mass is 10.1. The van der Waals surface area contributed by atoms with Gasteiger partial charge in [-0.25, -0.2) is 0 Å². The number of hydrogen-bond acceptors (Lipinski definition) is 3. The summed E-state index contributed by atoms with van der Waals surface area (Å²) in [7, 11) is 0. The number of hydrogen-bond donors (Lipinski definition) is 0. The van der Waals surface area contributed by atoms with Crippen molar-refractivity contribution < 1.29 is 14.0 Å². The van der Waals surface area contributed by atoms with E-state index in [0.717, 1.165) is 5.56 Å². The van der Waals surface area contributed by atoms with Gasteiger partial charge in [-0.3, -0.25) is 9.59 Å². The summed E-state index contributed by atoms with van der Waals surface area (Å²) in [4.78, 5) is 24.0. The van der Waals surface area contributed by atoms with Crippen LogP contribution < -0.4 is 0 Å². The maximum Gasteiger partial charge on any atom is 0.230 e. The predicted molar refractivity (Wildman–Crippen MR) is 48.4 cm³/mol. The molecular formula is C10H11NO3. The Balaban J connectivity index is 1.99. The van der Waals surface area contributed by atoms with Gasteiger partial charge < -0.3 is 9.32 Å². The van der Waals surface area contributed by atoms with Gasteiger partial charge in [-0.05, 0) is 6.07 Å². The Morgan fingerprint density at radius 3 is 2.93 bits per heavy atom. The highest BCUT2D eigenvalue weighted by Crippen LogP contribution is 2.12. The molecule has 0 saturated carbocycles. The van der Waals surface area contributed by atoms with Gasteiger partial charge in [0.1, 0.15) is 5.78 Å². The molecule has 1 aliphatic heterocycles. The van der Waals surface area contributed by atoms with Crippen LogP contribution in [0.25, 0.3) is 0 Å². The summed E-state index contributed by atoms with van der Waals surface area (Å²) in [6, 6.07) is 1.82. The normalized spacial score (nSPS) is 17.6. The van der Waals surface area contributed by atoms with Crippen LogP contribution in [0.4, 0.5) is 0 Å². The maximum absolute atomic E-state index is 11.4. The lowest BCUT2D eigenvalue weighted by Crippen LogP contribution is -2.38. The van der Waals surface area contributed by atoms with E-state index in [-0.39, 0.29) is 18.1 Å². The molecule has 1 fully saturated rings. The second kappa shape index (κ2) is 3.65. The summed E-state index contributed by atoms with van der Waals surface area (Å²) in [6.07, 6.45) is 3.72. The van der Waals surface area contributed by atoms with Crippen LogP contribution in [-0.2, 0) is 16.1 Å². The highest BCUT2D eigenvalue weighted by Gasteiger charge is 2.23. The minimum atomic E-state index is -0.0811. The molecule has 0 N–H and O–H groups in total. The molecule has 1 aliphatic rings. The molecule has 0 aromatic carbocycles. The molecular weight excluding hydrogens is 182 g/mol. The average Bonchev–Trinajstić information content (AvgIpc) is 2.62. The van der Waals surface area contributed by atoms with Gasteiger partial charge >= 0.3 is 0 Å². The Labute approximate surface area is 81.5 Å². The van der Waals surface area contributed by atoms with Crippen molar-refractivity contribution in [3.05, 3.63) is 24.2 Å². The third kappa shape index (κ3) is 1.84. The predicted octanol–water partition coefficient (Wildman–Crippen LogP) is 0.971. The number of nitrogens with zero attached hydrogens (tertiary/aromatic N) is 1. The molecule has 1 amide bonds. The summed E-state index contributed by atoms with van der Waals surface area (Å²) >= 11 is 0. The summed E-state index contributed by atoms with van der Waals surface area (Å²) in [5, 5.41) is 0. The second-order valence-corrected chi connectivity index (χ2v) is 3.41. The van der Waals surface area contributed by atoms with Crippen molar-refractivity contribution in [3.8, 4) is 0 Å². The van der Waals surface area contributed by atoms with Gasteiger partial charge in [0, 0.05) is 25.1 Å². The van der Waals surface area contributed by atoms with Crippen LogP contribution in [0, 0.1) is 0 Å². The van der Waals surface area contributed by atoms with Crippen molar-refractivity contribution in [2.45, 2.75) is 19.4 Å². The third-order valence-electron chi connectivity index (χ3n) is 2.32. The number of likely N-dealkylation sites (tertiary alicyclic amines) is 1. The van der Waals surface area contributed by atoms with E-state index in [4.69, 9.17) is 4.42 Å². The van der Waals surface area contributed by atoms with Gasteiger partial charge in [0.25, 0.3) is 0 Å². The molecule has 1 saturated heterocycles. The van der Waals surface area contributed by atoms with E-state index in [2.05, 4.69) is 0 Å². The highest BCUT2D eigenvalue weighted by molar-refractivity contribution is 6.00. The zero-order valence-corrected chi connectivity index (χ0v) is 7.73. The van der Waals surface area contributed by atoms with Gasteiger partial charge in [-0.1, -0.05) is 0 Å². The largest absolute Gasteiger partial charge is 0.472 e. The summed E-state index contributed by atoms with van der Waals surface area (Å²) in [5.74, 6) is -0.0408. The van der Waals surface area contributed by atoms with Gasteiger partial charge in [0.15, 0.2) is 0 Å². The van der Waals surface area contributed by atoms with E-state index in [1.807, 2.05) is 6.07 Å². The van der Waals surface area contributed by atoms with Gasteiger partial charge in [0.2, 0.25) is 5.91 Å². The Morgan fingerprint density at radius 2 is 2.29 bits per heavy atom. The average molecular weight is 193 g/mol. The number of ketones is 1. The molecule has 0 spiro atoms. The minimum absolute atomic E-state index is 0.0402. The number of Topliss-reactive ketones (excluding diaryl/α,β-unsaturated/α-hetero) is 1. The Morgan fingerprint density at radius 1 is 1.43 bits per heavy atom. The molecule has 1 aromatic heterocycles. The molecule has 4 nitrogen and oxygen atoms in total. The van der Waals surface area contributed by atoms with Crippen molar-refractivity contribution in [3.63, 3.8) is 0 Å². The molecule has 2 heterocycles. The molecule has 0 atom stereocenters. The topological polar surface area (TPSA) is 50.5 Å². The monoisotopic (exact) mass is 193 g/mol. The fourth-order valence-electron chi connectivity index (χ4n) is 1.52. The highest BCUT2D eigenvalue weighted by atomic mass is 16.3.